The molecule has 40 valence electrons. The third-order valence-corrected chi connectivity index (χ3v) is 0.862. The number of hydrogen-bond acceptors (Lipinski definition) is 1. The van der Waals surface area contributed by atoms with E-state index in [2.05, 4.69) is 27.9 Å². The maximum atomic E-state index is 2.87. The van der Waals surface area contributed by atoms with Gasteiger partial charge in [0.05, 0.1) is 0 Å². The minimum absolute atomic E-state index is 1.87. The molecule has 1 N–H and O–H groups in total. The molecule has 0 aromatic carbocycles. The van der Waals surface area contributed by atoms with E-state index in [-0.39, 0.29) is 0 Å². The monoisotopic (exact) mass is 209 g/mol. The maximum absolute atomic E-state index is 2.87. The lowest BCUT2D eigenvalue weighted by atomic mass is 10.6. The minimum atomic E-state index is 1.87. The van der Waals surface area contributed by atoms with E-state index in [1.165, 1.54) is 0 Å². The first-order chi connectivity index (χ1) is 3.41. The van der Waals surface area contributed by atoms with Gasteiger partial charge in [-0.2, -0.15) is 0 Å². The van der Waals surface area contributed by atoms with Gasteiger partial charge in [-0.1, -0.05) is 28.7 Å². The van der Waals surface area contributed by atoms with Crippen LogP contribution in [0.15, 0.2) is 22.4 Å². The number of nitrogens with one attached hydrogen (secondary N) is 1. The maximum Gasteiger partial charge on any atom is 0.00277 e. The molecule has 0 aromatic rings. The fourth-order valence-corrected chi connectivity index (χ4v) is 0.433. The Morgan fingerprint density at radius 3 is 2.57 bits per heavy atom. The summed E-state index contributed by atoms with van der Waals surface area (Å²) in [5.41, 5.74) is 0. The van der Waals surface area contributed by atoms with Gasteiger partial charge >= 0.3 is 0 Å². The van der Waals surface area contributed by atoms with Crippen molar-refractivity contribution in [1.82, 2.24) is 5.32 Å². The number of hydrogen-bond donors (Lipinski definition) is 1. The van der Waals surface area contributed by atoms with E-state index >= 15 is 0 Å². The molecule has 0 aliphatic heterocycles. The number of allylic oxidation sites excluding steroid dienone is 2. The molecular formula is C5H8IN. The summed E-state index contributed by atoms with van der Waals surface area (Å²) in [6, 6.07) is 0. The Kier molecular flexibility index (Phi) is 6.02. The Balaban J connectivity index is 3.09. The molecule has 0 aliphatic rings. The molecule has 0 amide bonds. The molecule has 0 saturated heterocycles. The molecule has 0 spiro atoms. The second-order valence-corrected chi connectivity index (χ2v) is 1.69. The summed E-state index contributed by atoms with van der Waals surface area (Å²) in [5, 5.41) is 2.87. The van der Waals surface area contributed by atoms with Gasteiger partial charge in [-0.25, -0.2) is 0 Å². The third kappa shape index (κ3) is 6.01. The highest BCUT2D eigenvalue weighted by atomic mass is 127. The fraction of sp³-hybridized carbons (Fsp3) is 0.200. The van der Waals surface area contributed by atoms with Gasteiger partial charge in [-0.05, 0) is 16.4 Å². The summed E-state index contributed by atoms with van der Waals surface area (Å²) in [6.45, 7) is 0. The van der Waals surface area contributed by atoms with Crippen molar-refractivity contribution >= 4 is 22.6 Å². The Morgan fingerprint density at radius 1 is 1.43 bits per heavy atom. The van der Waals surface area contributed by atoms with E-state index in [1.54, 1.807) is 0 Å². The van der Waals surface area contributed by atoms with Gasteiger partial charge in [0.25, 0.3) is 0 Å². The lowest BCUT2D eigenvalue weighted by Gasteiger charge is -1.77. The van der Waals surface area contributed by atoms with Crippen molar-refractivity contribution in [2.45, 2.75) is 0 Å². The van der Waals surface area contributed by atoms with Crippen molar-refractivity contribution in [2.75, 3.05) is 7.05 Å². The van der Waals surface area contributed by atoms with Crippen LogP contribution in [0.3, 0.4) is 0 Å². The van der Waals surface area contributed by atoms with E-state index < -0.39 is 0 Å². The minimum Gasteiger partial charge on any atom is -0.394 e. The fourth-order valence-electron chi connectivity index (χ4n) is 0.194. The SMILES string of the molecule is CN/C=C\C=C/I. The van der Waals surface area contributed by atoms with Gasteiger partial charge < -0.3 is 5.32 Å². The van der Waals surface area contributed by atoms with E-state index in [1.807, 2.05) is 29.5 Å². The molecular weight excluding hydrogens is 201 g/mol. The lowest BCUT2D eigenvalue weighted by molar-refractivity contribution is 1.10. The van der Waals surface area contributed by atoms with Gasteiger partial charge in [0.2, 0.25) is 0 Å². The second-order valence-electron chi connectivity index (χ2n) is 0.966. The van der Waals surface area contributed by atoms with E-state index in [0.29, 0.717) is 0 Å². The molecule has 0 saturated carbocycles. The van der Waals surface area contributed by atoms with E-state index in [9.17, 15) is 0 Å². The molecule has 0 heterocycles. The molecule has 0 fully saturated rings. The van der Waals surface area contributed by atoms with Crippen LogP contribution in [0.25, 0.3) is 0 Å². The van der Waals surface area contributed by atoms with Crippen molar-refractivity contribution in [1.29, 1.82) is 0 Å². The van der Waals surface area contributed by atoms with Gasteiger partial charge in [0.15, 0.2) is 0 Å². The van der Waals surface area contributed by atoms with Crippen molar-refractivity contribution in [3.8, 4) is 0 Å². The molecule has 0 aromatic heterocycles. The highest BCUT2D eigenvalue weighted by Crippen LogP contribution is 1.82. The molecule has 0 unspecified atom stereocenters. The Bertz CT molecular complexity index is 76.1. The van der Waals surface area contributed by atoms with Crippen molar-refractivity contribution in [3.63, 3.8) is 0 Å². The van der Waals surface area contributed by atoms with E-state index in [0.717, 1.165) is 0 Å². The highest BCUT2D eigenvalue weighted by molar-refractivity contribution is 14.1. The molecule has 7 heavy (non-hydrogen) atoms. The quantitative estimate of drug-likeness (QED) is 0.538. The topological polar surface area (TPSA) is 12.0 Å². The summed E-state index contributed by atoms with van der Waals surface area (Å²) >= 11 is 2.17. The highest BCUT2D eigenvalue weighted by Gasteiger charge is 1.55. The van der Waals surface area contributed by atoms with Crippen LogP contribution in [-0.4, -0.2) is 7.05 Å². The average Bonchev–Trinajstić information content (AvgIpc) is 1.69. The number of halogens is 1. The zero-order chi connectivity index (χ0) is 5.54. The first-order valence-electron chi connectivity index (χ1n) is 2.01. The molecule has 0 aliphatic carbocycles. The normalized spacial score (nSPS) is 11.1. The summed E-state index contributed by atoms with van der Waals surface area (Å²) in [7, 11) is 1.87. The summed E-state index contributed by atoms with van der Waals surface area (Å²) in [5.74, 6) is 0. The van der Waals surface area contributed by atoms with Gasteiger partial charge in [0, 0.05) is 7.05 Å². The van der Waals surface area contributed by atoms with Crippen LogP contribution < -0.4 is 5.32 Å². The van der Waals surface area contributed by atoms with Gasteiger partial charge in [0.1, 0.15) is 0 Å². The first kappa shape index (κ1) is 7.01. The predicted octanol–water partition coefficient (Wildman–Crippen LogP) is 1.67. The molecule has 0 rings (SSSR count). The Labute approximate surface area is 57.6 Å². The molecule has 2 heteroatoms. The Hall–Kier alpha value is 0.01000. The van der Waals surface area contributed by atoms with Crippen LogP contribution >= 0.6 is 22.6 Å². The molecule has 0 atom stereocenters. The van der Waals surface area contributed by atoms with Gasteiger partial charge in [-0.3, -0.25) is 0 Å². The van der Waals surface area contributed by atoms with Crippen LogP contribution in [-0.2, 0) is 0 Å². The van der Waals surface area contributed by atoms with Crippen molar-refractivity contribution in [2.24, 2.45) is 0 Å². The number of rotatable bonds is 2. The Morgan fingerprint density at radius 2 is 2.14 bits per heavy atom. The van der Waals surface area contributed by atoms with Crippen molar-refractivity contribution < 1.29 is 0 Å². The molecule has 0 bridgehead atoms. The molecule has 0 radical (unpaired) electrons. The zero-order valence-corrected chi connectivity index (χ0v) is 6.34. The summed E-state index contributed by atoms with van der Waals surface area (Å²) in [4.78, 5) is 0. The predicted molar refractivity (Wildman–Crippen MR) is 41.4 cm³/mol. The van der Waals surface area contributed by atoms with Gasteiger partial charge in [-0.15, -0.1) is 0 Å². The van der Waals surface area contributed by atoms with Crippen LogP contribution in [0, 0.1) is 0 Å². The second kappa shape index (κ2) is 6.01. The first-order valence-corrected chi connectivity index (χ1v) is 3.25. The zero-order valence-electron chi connectivity index (χ0n) is 4.19. The van der Waals surface area contributed by atoms with Crippen LogP contribution in [0.5, 0.6) is 0 Å². The smallest absolute Gasteiger partial charge is 0.00277 e. The van der Waals surface area contributed by atoms with Crippen LogP contribution in [0.4, 0.5) is 0 Å². The van der Waals surface area contributed by atoms with Crippen molar-refractivity contribution in [3.05, 3.63) is 22.4 Å². The largest absolute Gasteiger partial charge is 0.394 e. The standard InChI is InChI=1S/C5H8IN/c1-7-5-3-2-4-6/h2-5,7H,1H3/b4-2-,5-3-. The third-order valence-electron chi connectivity index (χ3n) is 0.447. The average molecular weight is 209 g/mol. The van der Waals surface area contributed by atoms with E-state index in [4.69, 9.17) is 0 Å². The van der Waals surface area contributed by atoms with Crippen LogP contribution in [0.2, 0.25) is 0 Å². The summed E-state index contributed by atoms with van der Waals surface area (Å²) < 4.78 is 1.95. The lowest BCUT2D eigenvalue weighted by Crippen LogP contribution is -1.89. The van der Waals surface area contributed by atoms with Crippen LogP contribution in [0.1, 0.15) is 0 Å². The summed E-state index contributed by atoms with van der Waals surface area (Å²) in [6.07, 6.45) is 5.76. The molecule has 1 nitrogen and oxygen atoms in total.